The Hall–Kier alpha value is -2.07. The maximum absolute atomic E-state index is 12.5. The molecule has 1 aromatic carbocycles. The van der Waals surface area contributed by atoms with E-state index in [4.69, 9.17) is 0 Å². The van der Waals surface area contributed by atoms with Gasteiger partial charge in [-0.15, -0.1) is 10.2 Å². The van der Waals surface area contributed by atoms with Crippen molar-refractivity contribution in [1.82, 2.24) is 14.8 Å². The minimum absolute atomic E-state index is 0.117. The number of nitrogens with zero attached hydrogens (tertiary/aromatic N) is 4. The van der Waals surface area contributed by atoms with Crippen LogP contribution < -0.4 is 10.2 Å². The van der Waals surface area contributed by atoms with Gasteiger partial charge in [-0.05, 0) is 43.7 Å². The fraction of sp³-hybridized carbons (Fsp3) is 0.550. The molecule has 2 fully saturated rings. The van der Waals surface area contributed by atoms with Crippen LogP contribution in [0, 0.1) is 5.92 Å². The van der Waals surface area contributed by atoms with E-state index in [1.807, 2.05) is 0 Å². The molecule has 1 aliphatic heterocycles. The van der Waals surface area contributed by atoms with Gasteiger partial charge in [0.15, 0.2) is 15.0 Å². The minimum Gasteiger partial charge on any atom is -0.341 e. The summed E-state index contributed by atoms with van der Waals surface area (Å²) in [6, 6.07) is 6.84. The van der Waals surface area contributed by atoms with Crippen molar-refractivity contribution in [2.24, 2.45) is 5.92 Å². The number of rotatable bonds is 7. The lowest BCUT2D eigenvalue weighted by molar-refractivity contribution is -0.113. The number of para-hydroxylation sites is 1. The standard InChI is InChI=1S/C20H27N5O3S2/c1-14-9-11-24(12-10-14)19-22-23-20(25(19)15-7-8-15)29-13-18(26)21-16-5-3-4-6-17(16)30(2,27)28/h3-6,14-15H,7-13H2,1-2H3,(H,21,26). The van der Waals surface area contributed by atoms with E-state index in [0.29, 0.717) is 11.7 Å². The summed E-state index contributed by atoms with van der Waals surface area (Å²) >= 11 is 1.34. The molecule has 162 valence electrons. The second-order valence-corrected chi connectivity index (χ2v) is 11.1. The summed E-state index contributed by atoms with van der Waals surface area (Å²) in [5, 5.41) is 12.3. The molecule has 1 saturated heterocycles. The highest BCUT2D eigenvalue weighted by atomic mass is 32.2. The Bertz CT molecular complexity index is 1020. The molecular weight excluding hydrogens is 422 g/mol. The molecule has 4 rings (SSSR count). The molecule has 0 atom stereocenters. The highest BCUT2D eigenvalue weighted by Gasteiger charge is 2.32. The van der Waals surface area contributed by atoms with E-state index in [1.165, 1.54) is 17.8 Å². The fourth-order valence-electron chi connectivity index (χ4n) is 3.65. The number of carbonyl (C=O) groups is 1. The van der Waals surface area contributed by atoms with E-state index < -0.39 is 9.84 Å². The van der Waals surface area contributed by atoms with Crippen LogP contribution in [-0.2, 0) is 14.6 Å². The van der Waals surface area contributed by atoms with Crippen LogP contribution in [0.25, 0.3) is 0 Å². The smallest absolute Gasteiger partial charge is 0.234 e. The molecule has 0 bridgehead atoms. The van der Waals surface area contributed by atoms with Crippen LogP contribution in [0.2, 0.25) is 0 Å². The van der Waals surface area contributed by atoms with Crippen molar-refractivity contribution in [2.45, 2.75) is 48.7 Å². The van der Waals surface area contributed by atoms with Gasteiger partial charge in [-0.3, -0.25) is 9.36 Å². The van der Waals surface area contributed by atoms with Crippen LogP contribution in [-0.4, -0.2) is 54.2 Å². The summed E-state index contributed by atoms with van der Waals surface area (Å²) in [5.74, 6) is 1.52. The maximum Gasteiger partial charge on any atom is 0.234 e. The van der Waals surface area contributed by atoms with E-state index >= 15 is 0 Å². The number of sulfone groups is 1. The number of aromatic nitrogens is 3. The van der Waals surface area contributed by atoms with Crippen molar-refractivity contribution >= 4 is 39.1 Å². The highest BCUT2D eigenvalue weighted by Crippen LogP contribution is 2.41. The van der Waals surface area contributed by atoms with E-state index in [-0.39, 0.29) is 16.6 Å². The van der Waals surface area contributed by atoms with Crippen molar-refractivity contribution in [3.05, 3.63) is 24.3 Å². The van der Waals surface area contributed by atoms with Gasteiger partial charge < -0.3 is 10.2 Å². The molecule has 1 amide bonds. The van der Waals surface area contributed by atoms with Gasteiger partial charge in [0.25, 0.3) is 0 Å². The van der Waals surface area contributed by atoms with Crippen LogP contribution in [0.3, 0.4) is 0 Å². The van der Waals surface area contributed by atoms with Gasteiger partial charge >= 0.3 is 0 Å². The van der Waals surface area contributed by atoms with Crippen molar-refractivity contribution in [3.8, 4) is 0 Å². The van der Waals surface area contributed by atoms with Crippen LogP contribution in [0.4, 0.5) is 11.6 Å². The second-order valence-electron chi connectivity index (χ2n) is 8.16. The molecule has 30 heavy (non-hydrogen) atoms. The van der Waals surface area contributed by atoms with Crippen LogP contribution in [0.5, 0.6) is 0 Å². The summed E-state index contributed by atoms with van der Waals surface area (Å²) < 4.78 is 26.0. The van der Waals surface area contributed by atoms with E-state index in [2.05, 4.69) is 31.9 Å². The zero-order valence-electron chi connectivity index (χ0n) is 17.2. The summed E-state index contributed by atoms with van der Waals surface area (Å²) in [5.41, 5.74) is 0.303. The molecule has 1 aliphatic carbocycles. The highest BCUT2D eigenvalue weighted by molar-refractivity contribution is 7.99. The lowest BCUT2D eigenvalue weighted by atomic mass is 10.00. The lowest BCUT2D eigenvalue weighted by Gasteiger charge is -2.31. The predicted octanol–water partition coefficient (Wildman–Crippen LogP) is 2.98. The Balaban J connectivity index is 1.44. The molecule has 2 aromatic rings. The van der Waals surface area contributed by atoms with Gasteiger partial charge in [0.1, 0.15) is 0 Å². The minimum atomic E-state index is -3.42. The Morgan fingerprint density at radius 1 is 1.17 bits per heavy atom. The quantitative estimate of drug-likeness (QED) is 0.649. The van der Waals surface area contributed by atoms with Crippen molar-refractivity contribution < 1.29 is 13.2 Å². The Kier molecular flexibility index (Phi) is 6.06. The number of carbonyl (C=O) groups excluding carboxylic acids is 1. The zero-order chi connectivity index (χ0) is 21.3. The van der Waals surface area contributed by atoms with Crippen molar-refractivity contribution in [1.29, 1.82) is 0 Å². The normalized spacial score (nSPS) is 17.9. The second kappa shape index (κ2) is 8.58. The third-order valence-corrected chi connectivity index (χ3v) is 7.62. The molecule has 2 heterocycles. The molecular formula is C20H27N5O3S2. The third-order valence-electron chi connectivity index (χ3n) is 5.52. The average molecular weight is 450 g/mol. The van der Waals surface area contributed by atoms with E-state index in [1.54, 1.807) is 18.2 Å². The number of thioether (sulfide) groups is 1. The van der Waals surface area contributed by atoms with Gasteiger partial charge in [0.05, 0.1) is 16.3 Å². The number of hydrogen-bond donors (Lipinski definition) is 1. The van der Waals surface area contributed by atoms with Gasteiger partial charge in [-0.1, -0.05) is 30.8 Å². The first-order valence-corrected chi connectivity index (χ1v) is 13.1. The molecule has 0 radical (unpaired) electrons. The van der Waals surface area contributed by atoms with Gasteiger partial charge in [-0.25, -0.2) is 8.42 Å². The topological polar surface area (TPSA) is 97.2 Å². The third kappa shape index (κ3) is 4.80. The largest absolute Gasteiger partial charge is 0.341 e. The summed E-state index contributed by atoms with van der Waals surface area (Å²) in [4.78, 5) is 14.9. The molecule has 10 heteroatoms. The molecule has 0 unspecified atom stereocenters. The Morgan fingerprint density at radius 3 is 2.53 bits per heavy atom. The van der Waals surface area contributed by atoms with Crippen LogP contribution in [0.15, 0.2) is 34.3 Å². The average Bonchev–Trinajstić information content (AvgIpc) is 3.46. The Labute approximate surface area is 181 Å². The van der Waals surface area contributed by atoms with Gasteiger partial charge in [0.2, 0.25) is 11.9 Å². The van der Waals surface area contributed by atoms with Crippen molar-refractivity contribution in [2.75, 3.05) is 35.3 Å². The first-order chi connectivity index (χ1) is 14.3. The number of piperidine rings is 1. The molecule has 8 nitrogen and oxygen atoms in total. The predicted molar refractivity (Wildman–Crippen MR) is 118 cm³/mol. The van der Waals surface area contributed by atoms with E-state index in [9.17, 15) is 13.2 Å². The number of anilines is 2. The number of amides is 1. The Morgan fingerprint density at radius 2 is 1.87 bits per heavy atom. The maximum atomic E-state index is 12.5. The fourth-order valence-corrected chi connectivity index (χ4v) is 5.30. The molecule has 1 saturated carbocycles. The summed E-state index contributed by atoms with van der Waals surface area (Å²) in [6.07, 6.45) is 5.66. The SMILES string of the molecule is CC1CCN(c2nnc(SCC(=O)Nc3ccccc3S(C)(=O)=O)n2C2CC2)CC1. The monoisotopic (exact) mass is 449 g/mol. The number of nitrogens with one attached hydrogen (secondary N) is 1. The molecule has 1 aromatic heterocycles. The first-order valence-electron chi connectivity index (χ1n) is 10.2. The first kappa shape index (κ1) is 21.2. The zero-order valence-corrected chi connectivity index (χ0v) is 18.9. The summed E-state index contributed by atoms with van der Waals surface area (Å²) in [6.45, 7) is 4.25. The van der Waals surface area contributed by atoms with E-state index in [0.717, 1.165) is 62.1 Å². The van der Waals surface area contributed by atoms with Crippen molar-refractivity contribution in [3.63, 3.8) is 0 Å². The molecule has 1 N–H and O–H groups in total. The number of benzene rings is 1. The summed E-state index contributed by atoms with van der Waals surface area (Å²) in [7, 11) is -3.42. The number of hydrogen-bond acceptors (Lipinski definition) is 7. The van der Waals surface area contributed by atoms with Gasteiger partial charge in [0, 0.05) is 25.4 Å². The lowest BCUT2D eigenvalue weighted by Crippen LogP contribution is -2.34. The van der Waals surface area contributed by atoms with Crippen LogP contribution >= 0.6 is 11.8 Å². The molecule has 0 spiro atoms. The van der Waals surface area contributed by atoms with Gasteiger partial charge in [-0.2, -0.15) is 0 Å². The van der Waals surface area contributed by atoms with Crippen LogP contribution in [0.1, 0.15) is 38.6 Å². The molecule has 2 aliphatic rings.